The molecule has 0 unspecified atom stereocenters. The second-order valence-corrected chi connectivity index (χ2v) is 8.77. The average molecular weight is 500 g/mol. The van der Waals surface area contributed by atoms with E-state index in [-0.39, 0.29) is 11.6 Å². The normalized spacial score (nSPS) is 13.5. The highest BCUT2D eigenvalue weighted by atomic mass is 16.5. The van der Waals surface area contributed by atoms with E-state index in [9.17, 15) is 9.59 Å². The molecule has 1 fully saturated rings. The third-order valence-corrected chi connectivity index (χ3v) is 6.53. The number of methoxy groups -OCH3 is 2. The molecule has 0 bridgehead atoms. The Bertz CT molecular complexity index is 1460. The van der Waals surface area contributed by atoms with Crippen molar-refractivity contribution in [1.29, 1.82) is 0 Å². The number of aromatic nitrogens is 2. The number of rotatable bonds is 6. The number of nitrogens with one attached hydrogen (secondary N) is 1. The molecule has 4 aromatic rings. The van der Waals surface area contributed by atoms with Gasteiger partial charge < -0.3 is 24.6 Å². The summed E-state index contributed by atoms with van der Waals surface area (Å²) < 4.78 is 12.4. The second kappa shape index (κ2) is 10.6. The SMILES string of the molecule is COc1ccc(OC)c(NC(=O)N2CCN(c3nc4ccccc4n(Cc4ccccc4)c3=O)CC2)c1. The number of piperazine rings is 1. The van der Waals surface area contributed by atoms with E-state index in [0.717, 1.165) is 16.6 Å². The Kier molecular flexibility index (Phi) is 6.93. The lowest BCUT2D eigenvalue weighted by Crippen LogP contribution is -2.51. The Morgan fingerprint density at radius 1 is 0.919 bits per heavy atom. The largest absolute Gasteiger partial charge is 0.497 e. The molecule has 2 amide bonds. The van der Waals surface area contributed by atoms with Crippen LogP contribution in [0.25, 0.3) is 11.0 Å². The van der Waals surface area contributed by atoms with Crippen LogP contribution in [0.3, 0.4) is 0 Å². The van der Waals surface area contributed by atoms with Crippen LogP contribution in [0, 0.1) is 0 Å². The van der Waals surface area contributed by atoms with Crippen molar-refractivity contribution in [3.8, 4) is 11.5 Å². The molecule has 3 aromatic carbocycles. The minimum absolute atomic E-state index is 0.137. The Balaban J connectivity index is 1.35. The monoisotopic (exact) mass is 499 g/mol. The fraction of sp³-hybridized carbons (Fsp3) is 0.250. The van der Waals surface area contributed by atoms with Crippen LogP contribution in [0.5, 0.6) is 11.5 Å². The summed E-state index contributed by atoms with van der Waals surface area (Å²) in [6, 6.07) is 22.6. The maximum absolute atomic E-state index is 13.6. The summed E-state index contributed by atoms with van der Waals surface area (Å²) in [5, 5.41) is 2.91. The summed E-state index contributed by atoms with van der Waals surface area (Å²) in [5.41, 5.74) is 3.00. The summed E-state index contributed by atoms with van der Waals surface area (Å²) in [5.74, 6) is 1.58. The zero-order chi connectivity index (χ0) is 25.8. The number of amides is 2. The molecule has 1 saturated heterocycles. The molecule has 0 radical (unpaired) electrons. The lowest BCUT2D eigenvalue weighted by atomic mass is 10.2. The first-order chi connectivity index (χ1) is 18.1. The van der Waals surface area contributed by atoms with Crippen LogP contribution in [0.2, 0.25) is 0 Å². The molecule has 0 aliphatic carbocycles. The van der Waals surface area contributed by atoms with Crippen molar-refractivity contribution >= 4 is 28.6 Å². The molecule has 9 heteroatoms. The minimum Gasteiger partial charge on any atom is -0.497 e. The van der Waals surface area contributed by atoms with Crippen molar-refractivity contribution in [1.82, 2.24) is 14.5 Å². The average Bonchev–Trinajstić information content (AvgIpc) is 2.95. The molecule has 9 nitrogen and oxygen atoms in total. The van der Waals surface area contributed by atoms with Crippen LogP contribution < -0.4 is 25.2 Å². The van der Waals surface area contributed by atoms with E-state index in [1.54, 1.807) is 41.9 Å². The van der Waals surface area contributed by atoms with E-state index < -0.39 is 0 Å². The molecule has 1 aliphatic rings. The smallest absolute Gasteiger partial charge is 0.322 e. The number of benzene rings is 3. The molecular formula is C28H29N5O4. The standard InChI is InChI=1S/C28H29N5O4/c1-36-21-12-13-25(37-2)23(18-21)30-28(35)32-16-14-31(15-17-32)26-27(34)33(19-20-8-4-3-5-9-20)24-11-7-6-10-22(24)29-26/h3-13,18H,14-17,19H2,1-2H3,(H,30,35). The van der Waals surface area contributed by atoms with Crippen molar-refractivity contribution in [2.75, 3.05) is 50.6 Å². The predicted molar refractivity (Wildman–Crippen MR) is 144 cm³/mol. The number of para-hydroxylation sites is 2. The number of carbonyl (C=O) groups is 1. The molecule has 0 spiro atoms. The molecule has 37 heavy (non-hydrogen) atoms. The van der Waals surface area contributed by atoms with Gasteiger partial charge in [0.05, 0.1) is 37.5 Å². The summed E-state index contributed by atoms with van der Waals surface area (Å²) in [6.45, 7) is 2.35. The van der Waals surface area contributed by atoms with E-state index in [4.69, 9.17) is 14.5 Å². The zero-order valence-corrected chi connectivity index (χ0v) is 20.9. The number of anilines is 2. The maximum atomic E-state index is 13.6. The molecule has 1 aromatic heterocycles. The molecule has 0 saturated carbocycles. The minimum atomic E-state index is -0.237. The molecule has 1 aliphatic heterocycles. The first kappa shape index (κ1) is 24.2. The van der Waals surface area contributed by atoms with Gasteiger partial charge in [0.2, 0.25) is 0 Å². The Labute approximate surface area is 214 Å². The van der Waals surface area contributed by atoms with Crippen LogP contribution >= 0.6 is 0 Å². The molecule has 190 valence electrons. The third kappa shape index (κ3) is 5.06. The van der Waals surface area contributed by atoms with Gasteiger partial charge in [-0.25, -0.2) is 9.78 Å². The maximum Gasteiger partial charge on any atom is 0.322 e. The van der Waals surface area contributed by atoms with E-state index in [2.05, 4.69) is 5.32 Å². The van der Waals surface area contributed by atoms with Crippen LogP contribution in [0.15, 0.2) is 77.6 Å². The van der Waals surface area contributed by atoms with Crippen LogP contribution in [0.4, 0.5) is 16.3 Å². The highest BCUT2D eigenvalue weighted by Gasteiger charge is 2.25. The number of ether oxygens (including phenoxy) is 2. The van der Waals surface area contributed by atoms with Crippen LogP contribution in [-0.4, -0.2) is 60.9 Å². The molecule has 1 N–H and O–H groups in total. The van der Waals surface area contributed by atoms with Crippen molar-refractivity contribution in [2.24, 2.45) is 0 Å². The number of hydrogen-bond donors (Lipinski definition) is 1. The molecule has 5 rings (SSSR count). The van der Waals surface area contributed by atoms with Crippen molar-refractivity contribution < 1.29 is 14.3 Å². The number of carbonyl (C=O) groups excluding carboxylic acids is 1. The van der Waals surface area contributed by atoms with Gasteiger partial charge in [-0.2, -0.15) is 0 Å². The van der Waals surface area contributed by atoms with Gasteiger partial charge in [0.15, 0.2) is 5.82 Å². The quantitative estimate of drug-likeness (QED) is 0.434. The Hall–Kier alpha value is -4.53. The predicted octanol–water partition coefficient (Wildman–Crippen LogP) is 3.82. The fourth-order valence-electron chi connectivity index (χ4n) is 4.54. The molecule has 0 atom stereocenters. The molecular weight excluding hydrogens is 470 g/mol. The van der Waals surface area contributed by atoms with E-state index in [1.165, 1.54) is 0 Å². The van der Waals surface area contributed by atoms with Gasteiger partial charge >= 0.3 is 6.03 Å². The van der Waals surface area contributed by atoms with Gasteiger partial charge in [-0.1, -0.05) is 42.5 Å². The number of fused-ring (bicyclic) bond motifs is 1. The second-order valence-electron chi connectivity index (χ2n) is 8.77. The van der Waals surface area contributed by atoms with Crippen LogP contribution in [0.1, 0.15) is 5.56 Å². The van der Waals surface area contributed by atoms with E-state index in [0.29, 0.717) is 55.7 Å². The summed E-state index contributed by atoms with van der Waals surface area (Å²) >= 11 is 0. The fourth-order valence-corrected chi connectivity index (χ4v) is 4.54. The van der Waals surface area contributed by atoms with Crippen molar-refractivity contribution in [3.63, 3.8) is 0 Å². The topological polar surface area (TPSA) is 88.9 Å². The van der Waals surface area contributed by atoms with Gasteiger partial charge in [0, 0.05) is 32.2 Å². The first-order valence-electron chi connectivity index (χ1n) is 12.1. The van der Waals surface area contributed by atoms with Gasteiger partial charge in [0.25, 0.3) is 5.56 Å². The Morgan fingerprint density at radius 3 is 2.38 bits per heavy atom. The van der Waals surface area contributed by atoms with Gasteiger partial charge in [-0.05, 0) is 29.8 Å². The lowest BCUT2D eigenvalue weighted by Gasteiger charge is -2.35. The van der Waals surface area contributed by atoms with Crippen molar-refractivity contribution in [2.45, 2.75) is 6.54 Å². The number of nitrogens with zero attached hydrogens (tertiary/aromatic N) is 4. The van der Waals surface area contributed by atoms with E-state index >= 15 is 0 Å². The summed E-state index contributed by atoms with van der Waals surface area (Å²) in [7, 11) is 3.12. The van der Waals surface area contributed by atoms with Crippen LogP contribution in [-0.2, 0) is 6.54 Å². The lowest BCUT2D eigenvalue weighted by molar-refractivity contribution is 0.208. The Morgan fingerprint density at radius 2 is 1.65 bits per heavy atom. The summed E-state index contributed by atoms with van der Waals surface area (Å²) in [4.78, 5) is 35.0. The molecule has 2 heterocycles. The summed E-state index contributed by atoms with van der Waals surface area (Å²) in [6.07, 6.45) is 0. The number of hydrogen-bond acceptors (Lipinski definition) is 6. The third-order valence-electron chi connectivity index (χ3n) is 6.53. The highest BCUT2D eigenvalue weighted by molar-refractivity contribution is 5.91. The zero-order valence-electron chi connectivity index (χ0n) is 20.9. The van der Waals surface area contributed by atoms with Gasteiger partial charge in [-0.3, -0.25) is 9.36 Å². The van der Waals surface area contributed by atoms with Gasteiger partial charge in [0.1, 0.15) is 11.5 Å². The van der Waals surface area contributed by atoms with Gasteiger partial charge in [-0.15, -0.1) is 0 Å². The number of urea groups is 1. The van der Waals surface area contributed by atoms with Crippen molar-refractivity contribution in [3.05, 3.63) is 88.7 Å². The van der Waals surface area contributed by atoms with E-state index in [1.807, 2.05) is 59.5 Å². The highest BCUT2D eigenvalue weighted by Crippen LogP contribution is 2.29. The first-order valence-corrected chi connectivity index (χ1v) is 12.1.